The molecule has 6 nitrogen and oxygen atoms in total. The Morgan fingerprint density at radius 3 is 1.68 bits per heavy atom. The smallest absolute Gasteiger partial charge is 0.0801 e. The summed E-state index contributed by atoms with van der Waals surface area (Å²) in [5, 5.41) is 12.9. The van der Waals surface area contributed by atoms with E-state index in [4.69, 9.17) is 9.98 Å². The Kier molecular flexibility index (Phi) is 4.85. The zero-order valence-corrected chi connectivity index (χ0v) is 13.6. The van der Waals surface area contributed by atoms with E-state index in [1.807, 2.05) is 36.5 Å². The summed E-state index contributed by atoms with van der Waals surface area (Å²) >= 11 is 0. The summed E-state index contributed by atoms with van der Waals surface area (Å²) in [7, 11) is 4.02. The van der Waals surface area contributed by atoms with Crippen molar-refractivity contribution >= 4 is 23.9 Å². The van der Waals surface area contributed by atoms with Gasteiger partial charge in [-0.05, 0) is 12.8 Å². The molecule has 0 saturated heterocycles. The molecular weight excluding hydrogens is 276 g/mol. The van der Waals surface area contributed by atoms with Gasteiger partial charge in [0.05, 0.1) is 23.5 Å². The summed E-state index contributed by atoms with van der Waals surface area (Å²) in [6, 6.07) is 0.608. The van der Waals surface area contributed by atoms with Crippen LogP contribution in [-0.2, 0) is 0 Å². The fourth-order valence-electron chi connectivity index (χ4n) is 3.18. The molecule has 1 aliphatic carbocycles. The van der Waals surface area contributed by atoms with Gasteiger partial charge in [-0.15, -0.1) is 0 Å². The summed E-state index contributed by atoms with van der Waals surface area (Å²) in [4.78, 5) is 9.59. The molecule has 0 N–H and O–H groups in total. The number of rotatable bonds is 4. The molecule has 1 saturated carbocycles. The van der Waals surface area contributed by atoms with Crippen LogP contribution in [-0.4, -0.2) is 73.1 Å². The maximum Gasteiger partial charge on any atom is 0.0801 e. The van der Waals surface area contributed by atoms with Crippen LogP contribution >= 0.6 is 0 Å². The molecule has 2 atom stereocenters. The van der Waals surface area contributed by atoms with Gasteiger partial charge in [0, 0.05) is 52.5 Å². The highest BCUT2D eigenvalue weighted by molar-refractivity contribution is 6.31. The van der Waals surface area contributed by atoms with Crippen molar-refractivity contribution in [1.29, 1.82) is 0 Å². The molecule has 3 aliphatic rings. The van der Waals surface area contributed by atoms with Crippen molar-refractivity contribution < 1.29 is 0 Å². The Bertz CT molecular complexity index is 461. The molecular formula is C16H26N6. The van der Waals surface area contributed by atoms with E-state index in [1.54, 1.807) is 0 Å². The first-order valence-corrected chi connectivity index (χ1v) is 8.34. The van der Waals surface area contributed by atoms with Gasteiger partial charge in [0.1, 0.15) is 0 Å². The monoisotopic (exact) mass is 302 g/mol. The van der Waals surface area contributed by atoms with Gasteiger partial charge < -0.3 is 0 Å². The van der Waals surface area contributed by atoms with Crippen molar-refractivity contribution in [3.8, 4) is 0 Å². The molecule has 1 fully saturated rings. The van der Waals surface area contributed by atoms with Crippen molar-refractivity contribution in [2.45, 2.75) is 50.6 Å². The van der Waals surface area contributed by atoms with Crippen LogP contribution in [0.5, 0.6) is 0 Å². The Balaban J connectivity index is 1.61. The average molecular weight is 302 g/mol. The van der Waals surface area contributed by atoms with E-state index in [9.17, 15) is 0 Å². The highest BCUT2D eigenvalue weighted by atomic mass is 15.5. The molecule has 0 radical (unpaired) electrons. The third-order valence-electron chi connectivity index (χ3n) is 4.51. The lowest BCUT2D eigenvalue weighted by atomic mass is 9.91. The second kappa shape index (κ2) is 7.03. The third kappa shape index (κ3) is 3.93. The van der Waals surface area contributed by atoms with Gasteiger partial charge in [0.2, 0.25) is 0 Å². The second-order valence-corrected chi connectivity index (χ2v) is 6.42. The third-order valence-corrected chi connectivity index (χ3v) is 4.51. The van der Waals surface area contributed by atoms with E-state index in [-0.39, 0.29) is 0 Å². The molecule has 6 heteroatoms. The van der Waals surface area contributed by atoms with Crippen LogP contribution in [0.2, 0.25) is 0 Å². The molecule has 0 spiro atoms. The highest BCUT2D eigenvalue weighted by Gasteiger charge is 2.24. The number of hydrazone groups is 2. The Labute approximate surface area is 132 Å². The first-order chi connectivity index (χ1) is 10.7. The number of nitrogens with zero attached hydrogens (tertiary/aromatic N) is 6. The van der Waals surface area contributed by atoms with Crippen molar-refractivity contribution in [3.63, 3.8) is 0 Å². The van der Waals surface area contributed by atoms with Gasteiger partial charge in [0.25, 0.3) is 0 Å². The minimum atomic E-state index is 0.304. The van der Waals surface area contributed by atoms with Crippen LogP contribution in [0.15, 0.2) is 20.2 Å². The van der Waals surface area contributed by atoms with Gasteiger partial charge in [-0.3, -0.25) is 20.0 Å². The minimum absolute atomic E-state index is 0.304. The summed E-state index contributed by atoms with van der Waals surface area (Å²) in [5.74, 6) is 0. The molecule has 22 heavy (non-hydrogen) atoms. The fourth-order valence-corrected chi connectivity index (χ4v) is 3.18. The Hall–Kier alpha value is -1.72. The van der Waals surface area contributed by atoms with Gasteiger partial charge in [-0.1, -0.05) is 12.8 Å². The molecule has 0 aromatic carbocycles. The molecule has 0 amide bonds. The molecule has 2 unspecified atom stereocenters. The fraction of sp³-hybridized carbons (Fsp3) is 0.750. The molecule has 2 aliphatic heterocycles. The Morgan fingerprint density at radius 2 is 1.32 bits per heavy atom. The van der Waals surface area contributed by atoms with Crippen LogP contribution in [0.3, 0.4) is 0 Å². The van der Waals surface area contributed by atoms with Crippen molar-refractivity contribution in [2.24, 2.45) is 20.2 Å². The summed E-state index contributed by atoms with van der Waals surface area (Å²) < 4.78 is 0. The molecule has 3 rings (SSSR count). The van der Waals surface area contributed by atoms with Crippen molar-refractivity contribution in [2.75, 3.05) is 27.2 Å². The van der Waals surface area contributed by atoms with Gasteiger partial charge >= 0.3 is 0 Å². The van der Waals surface area contributed by atoms with Crippen LogP contribution in [0.4, 0.5) is 0 Å². The predicted octanol–water partition coefficient (Wildman–Crippen LogP) is 1.82. The second-order valence-electron chi connectivity index (χ2n) is 6.42. The normalized spacial score (nSPS) is 29.7. The lowest BCUT2D eigenvalue weighted by molar-refractivity contribution is 0.390. The molecule has 2 heterocycles. The first kappa shape index (κ1) is 15.2. The maximum atomic E-state index is 4.79. The standard InChI is InChI=1S/C16H26N6/c1-21-9-7-13(19-21)11-17-15-5-3-4-6-16(15)18-12-14-8-10-22(2)20-14/h11-12,15-16H,3-10H2,1-2H3/b17-11+,18-12+. The maximum absolute atomic E-state index is 4.79. The SMILES string of the molecule is CN1CCC(/C=N/C2CCCCC2/N=C/C2=NN(C)CC2)=N1. The quantitative estimate of drug-likeness (QED) is 0.744. The summed E-state index contributed by atoms with van der Waals surface area (Å²) in [6.07, 6.45) is 10.7. The van der Waals surface area contributed by atoms with Gasteiger partial charge in [-0.25, -0.2) is 0 Å². The summed E-state index contributed by atoms with van der Waals surface area (Å²) in [6.45, 7) is 2.00. The number of hydrogen-bond acceptors (Lipinski definition) is 6. The lowest BCUT2D eigenvalue weighted by Gasteiger charge is -2.25. The van der Waals surface area contributed by atoms with Crippen molar-refractivity contribution in [3.05, 3.63) is 0 Å². The topological polar surface area (TPSA) is 55.9 Å². The first-order valence-electron chi connectivity index (χ1n) is 8.34. The zero-order chi connectivity index (χ0) is 15.4. The van der Waals surface area contributed by atoms with E-state index in [2.05, 4.69) is 10.2 Å². The van der Waals surface area contributed by atoms with E-state index in [0.717, 1.165) is 50.2 Å². The predicted molar refractivity (Wildman–Crippen MR) is 92.4 cm³/mol. The highest BCUT2D eigenvalue weighted by Crippen LogP contribution is 2.24. The van der Waals surface area contributed by atoms with Gasteiger partial charge in [-0.2, -0.15) is 10.2 Å². The van der Waals surface area contributed by atoms with Crippen molar-refractivity contribution in [1.82, 2.24) is 10.0 Å². The van der Waals surface area contributed by atoms with E-state index >= 15 is 0 Å². The number of hydrogen-bond donors (Lipinski definition) is 0. The summed E-state index contributed by atoms with van der Waals surface area (Å²) in [5.41, 5.74) is 2.19. The molecule has 120 valence electrons. The van der Waals surface area contributed by atoms with Crippen LogP contribution < -0.4 is 0 Å². The lowest BCUT2D eigenvalue weighted by Crippen LogP contribution is -2.27. The van der Waals surface area contributed by atoms with Gasteiger partial charge in [0.15, 0.2) is 0 Å². The average Bonchev–Trinajstić information content (AvgIpc) is 3.12. The molecule has 0 aromatic heterocycles. The Morgan fingerprint density at radius 1 is 0.864 bits per heavy atom. The van der Waals surface area contributed by atoms with E-state index in [0.29, 0.717) is 12.1 Å². The molecule has 0 bridgehead atoms. The molecule has 0 aromatic rings. The largest absolute Gasteiger partial charge is 0.299 e. The van der Waals surface area contributed by atoms with Crippen LogP contribution in [0, 0.1) is 0 Å². The van der Waals surface area contributed by atoms with Crippen LogP contribution in [0.1, 0.15) is 38.5 Å². The zero-order valence-electron chi connectivity index (χ0n) is 13.6. The van der Waals surface area contributed by atoms with Crippen LogP contribution in [0.25, 0.3) is 0 Å². The minimum Gasteiger partial charge on any atom is -0.299 e. The van der Waals surface area contributed by atoms with E-state index < -0.39 is 0 Å². The number of aliphatic imine (C=N–C) groups is 2. The van der Waals surface area contributed by atoms with E-state index in [1.165, 1.54) is 12.8 Å².